The quantitative estimate of drug-likeness (QED) is 0.526. The second-order valence-corrected chi connectivity index (χ2v) is 6.95. The van der Waals surface area contributed by atoms with E-state index in [4.69, 9.17) is 13.3 Å². The number of carbonyl (C=O) groups is 5. The van der Waals surface area contributed by atoms with Gasteiger partial charge >= 0.3 is 8.80 Å². The lowest BCUT2D eigenvalue weighted by molar-refractivity contribution is -0.147. The molecule has 0 bridgehead atoms. The van der Waals surface area contributed by atoms with E-state index in [0.29, 0.717) is 0 Å². The van der Waals surface area contributed by atoms with Gasteiger partial charge in [-0.25, -0.2) is 0 Å². The molecule has 0 spiro atoms. The molecule has 0 saturated heterocycles. The van der Waals surface area contributed by atoms with Gasteiger partial charge in [0.25, 0.3) is 17.9 Å². The van der Waals surface area contributed by atoms with E-state index < -0.39 is 32.6 Å². The third-order valence-electron chi connectivity index (χ3n) is 2.15. The van der Waals surface area contributed by atoms with Crippen molar-refractivity contribution in [1.29, 1.82) is 0 Å². The SMILES string of the molecule is CC(=O)NCC(=O)NCC[Si](OC(C)=O)(OC(C)=O)OC(C)=O. The van der Waals surface area contributed by atoms with Crippen LogP contribution in [0, 0.1) is 0 Å². The lowest BCUT2D eigenvalue weighted by Crippen LogP contribution is -2.51. The van der Waals surface area contributed by atoms with Gasteiger partial charge in [0, 0.05) is 34.2 Å². The molecular weight excluding hydrogens is 328 g/mol. The Labute approximate surface area is 134 Å². The third kappa shape index (κ3) is 10.0. The number of nitrogens with one attached hydrogen (secondary N) is 2. The van der Waals surface area contributed by atoms with Gasteiger partial charge in [-0.3, -0.25) is 24.0 Å². The van der Waals surface area contributed by atoms with Crippen molar-refractivity contribution in [3.05, 3.63) is 0 Å². The fourth-order valence-corrected chi connectivity index (χ4v) is 3.67. The second kappa shape index (κ2) is 9.56. The topological polar surface area (TPSA) is 137 Å². The van der Waals surface area contributed by atoms with Crippen LogP contribution in [0.3, 0.4) is 0 Å². The first kappa shape index (κ1) is 20.6. The Morgan fingerprint density at radius 2 is 1.22 bits per heavy atom. The first-order valence-electron chi connectivity index (χ1n) is 6.66. The molecule has 0 rings (SSSR count). The molecule has 23 heavy (non-hydrogen) atoms. The van der Waals surface area contributed by atoms with Crippen molar-refractivity contribution in [2.24, 2.45) is 0 Å². The summed E-state index contributed by atoms with van der Waals surface area (Å²) in [6.07, 6.45) is 0. The van der Waals surface area contributed by atoms with Gasteiger partial charge in [0.15, 0.2) is 0 Å². The van der Waals surface area contributed by atoms with Gasteiger partial charge in [0.1, 0.15) is 0 Å². The summed E-state index contributed by atoms with van der Waals surface area (Å²) >= 11 is 0. The smallest absolute Gasteiger partial charge is 0.455 e. The highest BCUT2D eigenvalue weighted by atomic mass is 28.4. The van der Waals surface area contributed by atoms with E-state index in [1.54, 1.807) is 0 Å². The van der Waals surface area contributed by atoms with Crippen molar-refractivity contribution in [3.63, 3.8) is 0 Å². The molecule has 0 aromatic rings. The molecule has 10 nitrogen and oxygen atoms in total. The van der Waals surface area contributed by atoms with Crippen LogP contribution in [-0.4, -0.2) is 51.6 Å². The fourth-order valence-electron chi connectivity index (χ4n) is 1.49. The van der Waals surface area contributed by atoms with Crippen LogP contribution in [0.5, 0.6) is 0 Å². The van der Waals surface area contributed by atoms with Crippen LogP contribution >= 0.6 is 0 Å². The molecule has 0 atom stereocenters. The number of hydrogen-bond donors (Lipinski definition) is 2. The minimum Gasteiger partial charge on any atom is -0.455 e. The normalized spacial score (nSPS) is 10.3. The summed E-state index contributed by atoms with van der Waals surface area (Å²) in [5.41, 5.74) is 0. The van der Waals surface area contributed by atoms with Gasteiger partial charge in [0.2, 0.25) is 11.8 Å². The molecule has 2 amide bonds. The fraction of sp³-hybridized carbons (Fsp3) is 0.583. The minimum atomic E-state index is -3.95. The first-order valence-corrected chi connectivity index (χ1v) is 8.59. The minimum absolute atomic E-state index is 0.0848. The van der Waals surface area contributed by atoms with E-state index in [1.165, 1.54) is 6.92 Å². The van der Waals surface area contributed by atoms with Gasteiger partial charge in [0.05, 0.1) is 12.6 Å². The summed E-state index contributed by atoms with van der Waals surface area (Å²) in [7, 11) is -3.95. The van der Waals surface area contributed by atoms with Gasteiger partial charge in [-0.05, 0) is 0 Å². The second-order valence-electron chi connectivity index (χ2n) is 4.47. The average molecular weight is 348 g/mol. The van der Waals surface area contributed by atoms with Crippen LogP contribution in [0.4, 0.5) is 0 Å². The molecular formula is C12H20N2O8Si. The Hall–Kier alpha value is -2.43. The predicted molar refractivity (Wildman–Crippen MR) is 77.6 cm³/mol. The molecule has 0 fully saturated rings. The molecule has 2 N–H and O–H groups in total. The molecule has 130 valence electrons. The van der Waals surface area contributed by atoms with E-state index in [2.05, 4.69) is 10.6 Å². The van der Waals surface area contributed by atoms with Crippen molar-refractivity contribution in [3.8, 4) is 0 Å². The monoisotopic (exact) mass is 348 g/mol. The Balaban J connectivity index is 4.81. The van der Waals surface area contributed by atoms with Crippen LogP contribution < -0.4 is 10.6 Å². The van der Waals surface area contributed by atoms with Crippen molar-refractivity contribution >= 4 is 38.5 Å². The standard InChI is InChI=1S/C12H20N2O8Si/c1-8(15)14-7-12(19)13-5-6-23(20-9(2)16,21-10(3)17)22-11(4)18/h5-7H2,1-4H3,(H,13,19)(H,14,15). The predicted octanol–water partition coefficient (Wildman–Crippen LogP) is -1.13. The van der Waals surface area contributed by atoms with Crippen LogP contribution in [0.2, 0.25) is 6.04 Å². The molecule has 11 heteroatoms. The highest BCUT2D eigenvalue weighted by Gasteiger charge is 2.51. The zero-order chi connectivity index (χ0) is 18.0. The summed E-state index contributed by atoms with van der Waals surface area (Å²) in [5, 5.41) is 4.71. The van der Waals surface area contributed by atoms with Gasteiger partial charge in [-0.1, -0.05) is 0 Å². The van der Waals surface area contributed by atoms with E-state index in [-0.39, 0.29) is 25.0 Å². The molecule has 0 heterocycles. The molecule has 0 aliphatic rings. The summed E-state index contributed by atoms with van der Waals surface area (Å²) in [4.78, 5) is 55.7. The maximum absolute atomic E-state index is 11.5. The van der Waals surface area contributed by atoms with Gasteiger partial charge < -0.3 is 23.9 Å². The van der Waals surface area contributed by atoms with Gasteiger partial charge in [-0.2, -0.15) is 0 Å². The lowest BCUT2D eigenvalue weighted by atomic mass is 10.5. The highest BCUT2D eigenvalue weighted by Crippen LogP contribution is 2.16. The van der Waals surface area contributed by atoms with E-state index in [0.717, 1.165) is 20.8 Å². The Kier molecular flexibility index (Phi) is 8.55. The van der Waals surface area contributed by atoms with Crippen molar-refractivity contribution in [2.75, 3.05) is 13.1 Å². The summed E-state index contributed by atoms with van der Waals surface area (Å²) in [5.74, 6) is -3.24. The Morgan fingerprint density at radius 1 is 0.783 bits per heavy atom. The number of rotatable bonds is 8. The molecule has 0 aromatic heterocycles. The van der Waals surface area contributed by atoms with Crippen LogP contribution in [0.15, 0.2) is 0 Å². The molecule has 0 saturated carbocycles. The molecule has 0 aliphatic carbocycles. The maximum Gasteiger partial charge on any atom is 0.706 e. The lowest BCUT2D eigenvalue weighted by Gasteiger charge is -2.26. The van der Waals surface area contributed by atoms with Crippen LogP contribution in [0.1, 0.15) is 27.7 Å². The zero-order valence-electron chi connectivity index (χ0n) is 13.4. The molecule has 0 aliphatic heterocycles. The Morgan fingerprint density at radius 3 is 1.57 bits per heavy atom. The number of carbonyl (C=O) groups excluding carboxylic acids is 5. The van der Waals surface area contributed by atoms with Crippen molar-refractivity contribution in [2.45, 2.75) is 33.7 Å². The molecule has 0 aromatic carbocycles. The maximum atomic E-state index is 11.5. The molecule has 0 radical (unpaired) electrons. The van der Waals surface area contributed by atoms with Crippen LogP contribution in [0.25, 0.3) is 0 Å². The summed E-state index contributed by atoms with van der Waals surface area (Å²) in [6.45, 7) is 4.16. The zero-order valence-corrected chi connectivity index (χ0v) is 14.4. The first-order chi connectivity index (χ1) is 10.6. The average Bonchev–Trinajstić information content (AvgIpc) is 2.33. The summed E-state index contributed by atoms with van der Waals surface area (Å²) in [6, 6.07) is -0.183. The third-order valence-corrected chi connectivity index (χ3v) is 4.81. The van der Waals surface area contributed by atoms with Crippen molar-refractivity contribution < 1.29 is 37.3 Å². The van der Waals surface area contributed by atoms with E-state index in [1.807, 2.05) is 0 Å². The number of hydrogen-bond acceptors (Lipinski definition) is 8. The Bertz CT molecular complexity index is 453. The molecule has 0 unspecified atom stereocenters. The number of amides is 2. The van der Waals surface area contributed by atoms with Crippen molar-refractivity contribution in [1.82, 2.24) is 10.6 Å². The largest absolute Gasteiger partial charge is 0.706 e. The van der Waals surface area contributed by atoms with Crippen LogP contribution in [-0.2, 0) is 37.3 Å². The van der Waals surface area contributed by atoms with E-state index >= 15 is 0 Å². The van der Waals surface area contributed by atoms with Gasteiger partial charge in [-0.15, -0.1) is 0 Å². The van der Waals surface area contributed by atoms with E-state index in [9.17, 15) is 24.0 Å². The highest BCUT2D eigenvalue weighted by molar-refractivity contribution is 6.65. The summed E-state index contributed by atoms with van der Waals surface area (Å²) < 4.78 is 14.8.